The molecule has 0 N–H and O–H groups in total. The molecule has 0 aromatic heterocycles. The molecule has 0 saturated carbocycles. The molecule has 7 aromatic carbocycles. The summed E-state index contributed by atoms with van der Waals surface area (Å²) in [4.78, 5) is 2.35. The molecule has 0 atom stereocenters. The van der Waals surface area contributed by atoms with Gasteiger partial charge in [0.25, 0.3) is 0 Å². The summed E-state index contributed by atoms with van der Waals surface area (Å²) in [5.74, 6) is 1.74. The van der Waals surface area contributed by atoms with Crippen LogP contribution in [0.1, 0.15) is 11.1 Å². The van der Waals surface area contributed by atoms with Crippen molar-refractivity contribution in [3.8, 4) is 11.5 Å². The molecule has 2 heterocycles. The van der Waals surface area contributed by atoms with Crippen LogP contribution < -0.4 is 43.6 Å². The number of benzene rings is 7. The van der Waals surface area contributed by atoms with Gasteiger partial charge in [-0.3, -0.25) is 0 Å². The summed E-state index contributed by atoms with van der Waals surface area (Å²) in [5, 5.41) is 0. The van der Waals surface area contributed by atoms with Crippen LogP contribution in [0.4, 0.5) is 17.1 Å². The van der Waals surface area contributed by atoms with Crippen LogP contribution in [0.25, 0.3) is 0 Å². The number of para-hydroxylation sites is 4. The molecular weight excluding hydrogens is 642 g/mol. The zero-order chi connectivity index (χ0) is 32.2. The number of aryl methyl sites for hydroxylation is 2. The molecule has 4 heteroatoms. The third kappa shape index (κ3) is 4.27. The van der Waals surface area contributed by atoms with Crippen molar-refractivity contribution in [3.05, 3.63) is 181 Å². The van der Waals surface area contributed by atoms with E-state index in [0.29, 0.717) is 0 Å². The van der Waals surface area contributed by atoms with Gasteiger partial charge in [0.2, 0.25) is 0 Å². The summed E-state index contributed by atoms with van der Waals surface area (Å²) in [6, 6.07) is 62.8. The predicted molar refractivity (Wildman–Crippen MR) is 205 cm³/mol. The van der Waals surface area contributed by atoms with E-state index >= 15 is 0 Å². The van der Waals surface area contributed by atoms with Crippen LogP contribution in [0, 0.1) is 13.8 Å². The first-order valence-corrected chi connectivity index (χ1v) is 20.9. The van der Waals surface area contributed by atoms with Crippen LogP contribution >= 0.6 is 0 Å². The fraction of sp³-hybridized carbons (Fsp3) is 0.0455. The molecule has 0 spiro atoms. The van der Waals surface area contributed by atoms with Gasteiger partial charge in [-0.25, -0.2) is 0 Å². The van der Waals surface area contributed by atoms with Crippen LogP contribution in [0.15, 0.2) is 170 Å². The fourth-order valence-electron chi connectivity index (χ4n) is 8.49. The number of anilines is 3. The summed E-state index contributed by atoms with van der Waals surface area (Å²) in [7, 11) is 0. The van der Waals surface area contributed by atoms with Crippen molar-refractivity contribution in [1.82, 2.24) is 0 Å². The summed E-state index contributed by atoms with van der Waals surface area (Å²) in [6.45, 7) is 4.72. The van der Waals surface area contributed by atoms with Crippen LogP contribution in [0.5, 0.6) is 11.5 Å². The SMILES string of the molecule is Cc1cc(N2c3ccccc3Oc3ccccc32)cc(C)c1B1c2cccc[c]2[Ge]([c]2ccccc2)([c]2ccccc2)[c]2ccccc21. The van der Waals surface area contributed by atoms with E-state index in [2.05, 4.69) is 176 Å². The molecule has 2 nitrogen and oxygen atoms in total. The minimum atomic E-state index is -3.39. The molecule has 228 valence electrons. The van der Waals surface area contributed by atoms with Gasteiger partial charge in [-0.2, -0.15) is 0 Å². The fourth-order valence-corrected chi connectivity index (χ4v) is 19.5. The molecule has 2 aliphatic heterocycles. The monoisotopic (exact) mass is 677 g/mol. The van der Waals surface area contributed by atoms with E-state index in [0.717, 1.165) is 28.6 Å². The van der Waals surface area contributed by atoms with Crippen molar-refractivity contribution in [2.75, 3.05) is 4.90 Å². The number of nitrogens with zero attached hydrogens (tertiary/aromatic N) is 1. The second kappa shape index (κ2) is 11.5. The van der Waals surface area contributed by atoms with Gasteiger partial charge in [-0.05, 0) is 0 Å². The van der Waals surface area contributed by atoms with Crippen LogP contribution in [0.2, 0.25) is 0 Å². The summed E-state index contributed by atoms with van der Waals surface area (Å²) < 4.78 is 12.3. The Balaban J connectivity index is 1.28. The van der Waals surface area contributed by atoms with Crippen LogP contribution in [0.3, 0.4) is 0 Å². The topological polar surface area (TPSA) is 12.5 Å². The average molecular weight is 676 g/mol. The minimum absolute atomic E-state index is 0.127. The molecule has 7 aromatic rings. The number of ether oxygens (including phenoxy) is 1. The normalized spacial score (nSPS) is 13.9. The molecule has 9 rings (SSSR count). The Kier molecular flexibility index (Phi) is 6.91. The van der Waals surface area contributed by atoms with E-state index in [9.17, 15) is 0 Å². The first-order valence-electron chi connectivity index (χ1n) is 16.7. The van der Waals surface area contributed by atoms with Gasteiger partial charge in [0.1, 0.15) is 0 Å². The maximum absolute atomic E-state index is 6.34. The van der Waals surface area contributed by atoms with Gasteiger partial charge in [0, 0.05) is 0 Å². The maximum atomic E-state index is 6.34. The number of rotatable bonds is 4. The van der Waals surface area contributed by atoms with Crippen molar-refractivity contribution >= 4 is 71.0 Å². The van der Waals surface area contributed by atoms with Gasteiger partial charge in [0.15, 0.2) is 0 Å². The number of fused-ring (bicyclic) bond motifs is 4. The Morgan fingerprint density at radius 2 is 0.896 bits per heavy atom. The van der Waals surface area contributed by atoms with E-state index in [1.54, 1.807) is 0 Å². The van der Waals surface area contributed by atoms with Crippen LogP contribution in [-0.4, -0.2) is 20.0 Å². The first-order chi connectivity index (χ1) is 23.7. The quantitative estimate of drug-likeness (QED) is 0.210. The van der Waals surface area contributed by atoms with E-state index in [4.69, 9.17) is 4.74 Å². The average Bonchev–Trinajstić information content (AvgIpc) is 3.14. The second-order valence-corrected chi connectivity index (χ2v) is 20.8. The Morgan fingerprint density at radius 1 is 0.479 bits per heavy atom. The first kappa shape index (κ1) is 28.9. The molecule has 0 radical (unpaired) electrons. The van der Waals surface area contributed by atoms with Crippen LogP contribution in [-0.2, 0) is 0 Å². The number of hydrogen-bond donors (Lipinski definition) is 0. The van der Waals surface area contributed by atoms with Gasteiger partial charge in [-0.1, -0.05) is 0 Å². The summed E-state index contributed by atoms with van der Waals surface area (Å²) >= 11 is -3.39. The molecule has 0 unspecified atom stereocenters. The standard InChI is InChI=1S/C44H34BGeNO/c1-31-29-35(47-40-25-13-15-27-42(40)48-43-28-16-14-26-41(43)47)30-32(2)44(31)45-36-21-9-11-23-38(36)46(33-17-5-3-6-18-33,34-19-7-4-8-20-34)39-24-12-10-22-37(39)45/h3-30H,1-2H3. The molecule has 0 aliphatic carbocycles. The second-order valence-electron chi connectivity index (χ2n) is 13.0. The van der Waals surface area contributed by atoms with Crippen molar-refractivity contribution < 1.29 is 4.74 Å². The predicted octanol–water partition coefficient (Wildman–Crippen LogP) is 6.09. The molecule has 0 amide bonds. The van der Waals surface area contributed by atoms with Crippen molar-refractivity contribution in [2.45, 2.75) is 13.8 Å². The third-order valence-corrected chi connectivity index (χ3v) is 20.7. The Hall–Kier alpha value is -5.25. The van der Waals surface area contributed by atoms with Gasteiger partial charge >= 0.3 is 287 Å². The van der Waals surface area contributed by atoms with Gasteiger partial charge in [0.05, 0.1) is 0 Å². The number of hydrogen-bond acceptors (Lipinski definition) is 2. The summed E-state index contributed by atoms with van der Waals surface area (Å²) in [5.41, 5.74) is 10.1. The Morgan fingerprint density at radius 3 is 1.40 bits per heavy atom. The molecular formula is C44H34BGeNO. The van der Waals surface area contributed by atoms with E-state index < -0.39 is 13.3 Å². The van der Waals surface area contributed by atoms with Gasteiger partial charge < -0.3 is 0 Å². The zero-order valence-electron chi connectivity index (χ0n) is 27.1. The molecule has 0 fully saturated rings. The van der Waals surface area contributed by atoms with Gasteiger partial charge in [-0.15, -0.1) is 0 Å². The molecule has 2 aliphatic rings. The van der Waals surface area contributed by atoms with E-state index in [-0.39, 0.29) is 6.71 Å². The summed E-state index contributed by atoms with van der Waals surface area (Å²) in [6.07, 6.45) is 0. The van der Waals surface area contributed by atoms with E-state index in [1.807, 2.05) is 12.1 Å². The third-order valence-electron chi connectivity index (χ3n) is 10.3. The van der Waals surface area contributed by atoms with Crippen molar-refractivity contribution in [1.29, 1.82) is 0 Å². The Bertz CT molecular complexity index is 2160. The molecule has 48 heavy (non-hydrogen) atoms. The van der Waals surface area contributed by atoms with Crippen molar-refractivity contribution in [2.24, 2.45) is 0 Å². The van der Waals surface area contributed by atoms with Crippen molar-refractivity contribution in [3.63, 3.8) is 0 Å². The van der Waals surface area contributed by atoms with E-state index in [1.165, 1.54) is 45.1 Å². The zero-order valence-corrected chi connectivity index (χ0v) is 29.2. The molecule has 0 saturated heterocycles. The Labute approximate surface area is 285 Å². The molecule has 0 bridgehead atoms.